The summed E-state index contributed by atoms with van der Waals surface area (Å²) in [6, 6.07) is -1.41. The molecule has 118 valence electrons. The first-order valence-corrected chi connectivity index (χ1v) is 7.87. The van der Waals surface area contributed by atoms with Gasteiger partial charge in [0.05, 0.1) is 24.9 Å². The van der Waals surface area contributed by atoms with Crippen LogP contribution in [0, 0.1) is 0 Å². The zero-order chi connectivity index (χ0) is 15.7. The van der Waals surface area contributed by atoms with Crippen LogP contribution in [-0.4, -0.2) is 56.4 Å². The molecular weight excluding hydrogens is 296 g/mol. The minimum atomic E-state index is -3.76. The van der Waals surface area contributed by atoms with Crippen molar-refractivity contribution in [2.75, 3.05) is 12.8 Å². The van der Waals surface area contributed by atoms with Crippen molar-refractivity contribution in [3.8, 4) is 0 Å². The molecule has 2 atom stereocenters. The standard InChI is InChI=1S/C11H19F2NO5S/c1-11(2,3)18-10(15)14-6-7(19-20(4,16)17)5-8(14)9(12)13/h7-9H,5-6H2,1-4H3/t7-,8-/m0/s1. The van der Waals surface area contributed by atoms with Crippen LogP contribution < -0.4 is 0 Å². The Hall–Kier alpha value is -0.960. The molecule has 1 amide bonds. The molecule has 1 fully saturated rings. The Morgan fingerprint density at radius 1 is 1.35 bits per heavy atom. The van der Waals surface area contributed by atoms with Gasteiger partial charge < -0.3 is 4.74 Å². The Morgan fingerprint density at radius 3 is 2.30 bits per heavy atom. The quantitative estimate of drug-likeness (QED) is 0.740. The maximum Gasteiger partial charge on any atom is 0.410 e. The predicted octanol–water partition coefficient (Wildman–Crippen LogP) is 1.61. The Labute approximate surface area is 117 Å². The first-order chi connectivity index (χ1) is 8.89. The highest BCUT2D eigenvalue weighted by Crippen LogP contribution is 2.27. The molecule has 9 heteroatoms. The van der Waals surface area contributed by atoms with E-state index < -0.39 is 40.4 Å². The highest BCUT2D eigenvalue weighted by atomic mass is 32.2. The lowest BCUT2D eigenvalue weighted by molar-refractivity contribution is -0.00244. The fourth-order valence-electron chi connectivity index (χ4n) is 1.91. The van der Waals surface area contributed by atoms with Crippen LogP contribution >= 0.6 is 0 Å². The summed E-state index contributed by atoms with van der Waals surface area (Å²) < 4.78 is 57.6. The lowest BCUT2D eigenvalue weighted by Crippen LogP contribution is -2.43. The van der Waals surface area contributed by atoms with E-state index >= 15 is 0 Å². The van der Waals surface area contributed by atoms with Crippen LogP contribution in [0.1, 0.15) is 27.2 Å². The molecule has 1 aliphatic heterocycles. The average Bonchev–Trinajstić information content (AvgIpc) is 2.56. The lowest BCUT2D eigenvalue weighted by Gasteiger charge is -2.27. The van der Waals surface area contributed by atoms with Gasteiger partial charge in [-0.25, -0.2) is 13.6 Å². The third-order valence-corrected chi connectivity index (χ3v) is 3.16. The van der Waals surface area contributed by atoms with Crippen molar-refractivity contribution in [1.29, 1.82) is 0 Å². The number of carbonyl (C=O) groups is 1. The van der Waals surface area contributed by atoms with E-state index in [-0.39, 0.29) is 13.0 Å². The summed E-state index contributed by atoms with van der Waals surface area (Å²) in [7, 11) is -3.76. The Kier molecular flexibility index (Phi) is 4.96. The molecule has 0 saturated carbocycles. The summed E-state index contributed by atoms with van der Waals surface area (Å²) in [5.41, 5.74) is -0.820. The molecule has 0 radical (unpaired) electrons. The Morgan fingerprint density at radius 2 is 1.90 bits per heavy atom. The SMILES string of the molecule is CC(C)(C)OC(=O)N1C[C@@H](OS(C)(=O)=O)C[C@H]1C(F)F. The van der Waals surface area contributed by atoms with Crippen LogP contribution in [0.2, 0.25) is 0 Å². The van der Waals surface area contributed by atoms with Crippen molar-refractivity contribution in [2.24, 2.45) is 0 Å². The summed E-state index contributed by atoms with van der Waals surface area (Å²) in [5.74, 6) is 0. The van der Waals surface area contributed by atoms with E-state index in [2.05, 4.69) is 4.18 Å². The molecule has 6 nitrogen and oxygen atoms in total. The molecule has 0 bridgehead atoms. The van der Waals surface area contributed by atoms with Gasteiger partial charge in [-0.3, -0.25) is 9.08 Å². The lowest BCUT2D eigenvalue weighted by atomic mass is 10.2. The van der Waals surface area contributed by atoms with Crippen molar-refractivity contribution in [1.82, 2.24) is 4.90 Å². The number of halogens is 2. The molecule has 0 aromatic carbocycles. The second-order valence-corrected chi connectivity index (χ2v) is 7.29. The molecule has 0 N–H and O–H groups in total. The van der Waals surface area contributed by atoms with Gasteiger partial charge in [0.1, 0.15) is 5.60 Å². The summed E-state index contributed by atoms with van der Waals surface area (Å²) in [5, 5.41) is 0. The maximum absolute atomic E-state index is 12.9. The minimum Gasteiger partial charge on any atom is -0.444 e. The molecule has 0 spiro atoms. The van der Waals surface area contributed by atoms with Gasteiger partial charge in [0.25, 0.3) is 16.5 Å². The van der Waals surface area contributed by atoms with Crippen molar-refractivity contribution in [3.05, 3.63) is 0 Å². The number of alkyl halides is 2. The number of hydrogen-bond acceptors (Lipinski definition) is 5. The Balaban J connectivity index is 2.80. The van der Waals surface area contributed by atoms with Gasteiger partial charge in [-0.15, -0.1) is 0 Å². The van der Waals surface area contributed by atoms with Gasteiger partial charge in [-0.05, 0) is 20.8 Å². The first kappa shape index (κ1) is 17.1. The van der Waals surface area contributed by atoms with E-state index in [1.807, 2.05) is 0 Å². The van der Waals surface area contributed by atoms with E-state index in [0.717, 1.165) is 11.2 Å². The van der Waals surface area contributed by atoms with E-state index in [1.54, 1.807) is 20.8 Å². The molecule has 1 rings (SSSR count). The van der Waals surface area contributed by atoms with Crippen LogP contribution in [0.15, 0.2) is 0 Å². The molecule has 20 heavy (non-hydrogen) atoms. The first-order valence-electron chi connectivity index (χ1n) is 6.05. The predicted molar refractivity (Wildman–Crippen MR) is 67.1 cm³/mol. The summed E-state index contributed by atoms with van der Waals surface area (Å²) in [6.07, 6.45) is -4.08. The topological polar surface area (TPSA) is 72.9 Å². The summed E-state index contributed by atoms with van der Waals surface area (Å²) in [6.45, 7) is 4.60. The molecule has 1 heterocycles. The number of rotatable bonds is 3. The van der Waals surface area contributed by atoms with Crippen LogP contribution in [0.25, 0.3) is 0 Å². The number of carbonyl (C=O) groups excluding carboxylic acids is 1. The van der Waals surface area contributed by atoms with Gasteiger partial charge in [-0.1, -0.05) is 0 Å². The zero-order valence-corrected chi connectivity index (χ0v) is 12.6. The third kappa shape index (κ3) is 5.20. The highest BCUT2D eigenvalue weighted by Gasteiger charge is 2.43. The van der Waals surface area contributed by atoms with Crippen molar-refractivity contribution in [2.45, 2.75) is 51.4 Å². The fourth-order valence-corrected chi connectivity index (χ4v) is 2.55. The van der Waals surface area contributed by atoms with Crippen LogP contribution in [0.5, 0.6) is 0 Å². The minimum absolute atomic E-state index is 0.239. The van der Waals surface area contributed by atoms with Gasteiger partial charge in [0.15, 0.2) is 0 Å². The highest BCUT2D eigenvalue weighted by molar-refractivity contribution is 7.86. The number of hydrogen-bond donors (Lipinski definition) is 0. The van der Waals surface area contributed by atoms with Crippen LogP contribution in [0.3, 0.4) is 0 Å². The van der Waals surface area contributed by atoms with Crippen molar-refractivity contribution >= 4 is 16.2 Å². The fraction of sp³-hybridized carbons (Fsp3) is 0.909. The second kappa shape index (κ2) is 5.80. The average molecular weight is 315 g/mol. The number of ether oxygens (including phenoxy) is 1. The van der Waals surface area contributed by atoms with Crippen molar-refractivity contribution < 1.29 is 30.9 Å². The summed E-state index contributed by atoms with van der Waals surface area (Å²) in [4.78, 5) is 12.7. The zero-order valence-electron chi connectivity index (χ0n) is 11.8. The van der Waals surface area contributed by atoms with Gasteiger partial charge in [-0.2, -0.15) is 8.42 Å². The van der Waals surface area contributed by atoms with Crippen molar-refractivity contribution in [3.63, 3.8) is 0 Å². The number of amides is 1. The smallest absolute Gasteiger partial charge is 0.410 e. The molecule has 0 aliphatic carbocycles. The summed E-state index contributed by atoms with van der Waals surface area (Å²) >= 11 is 0. The van der Waals surface area contributed by atoms with Gasteiger partial charge >= 0.3 is 6.09 Å². The number of nitrogens with zero attached hydrogens (tertiary/aromatic N) is 1. The van der Waals surface area contributed by atoms with E-state index in [1.165, 1.54) is 0 Å². The van der Waals surface area contributed by atoms with E-state index in [9.17, 15) is 22.0 Å². The number of likely N-dealkylation sites (tertiary alicyclic amines) is 1. The molecule has 0 aromatic rings. The molecular formula is C11H19F2NO5S. The third-order valence-electron chi connectivity index (χ3n) is 2.53. The largest absolute Gasteiger partial charge is 0.444 e. The molecule has 0 unspecified atom stereocenters. The monoisotopic (exact) mass is 315 g/mol. The second-order valence-electron chi connectivity index (χ2n) is 5.69. The normalized spacial score (nSPS) is 24.2. The van der Waals surface area contributed by atoms with Gasteiger partial charge in [0, 0.05) is 6.42 Å². The maximum atomic E-state index is 12.9. The van der Waals surface area contributed by atoms with E-state index in [0.29, 0.717) is 0 Å². The molecule has 1 saturated heterocycles. The van der Waals surface area contributed by atoms with E-state index in [4.69, 9.17) is 4.74 Å². The molecule has 0 aromatic heterocycles. The van der Waals surface area contributed by atoms with Crippen LogP contribution in [0.4, 0.5) is 13.6 Å². The van der Waals surface area contributed by atoms with Crippen LogP contribution in [-0.2, 0) is 19.0 Å². The Bertz CT molecular complexity index is 460. The molecule has 1 aliphatic rings. The van der Waals surface area contributed by atoms with Gasteiger partial charge in [0.2, 0.25) is 0 Å².